The quantitative estimate of drug-likeness (QED) is 0.276. The van der Waals surface area contributed by atoms with Gasteiger partial charge in [0.15, 0.2) is 0 Å². The normalized spacial score (nSPS) is 11.2. The molecule has 0 aromatic carbocycles. The third-order valence-electron chi connectivity index (χ3n) is 3.46. The van der Waals surface area contributed by atoms with Crippen molar-refractivity contribution in [2.75, 3.05) is 65.8 Å². The Hall–Kier alpha value is -1.62. The zero-order valence-corrected chi connectivity index (χ0v) is 15.0. The second-order valence-electron chi connectivity index (χ2n) is 5.52. The van der Waals surface area contributed by atoms with Crippen LogP contribution in [0.15, 0.2) is 18.2 Å². The van der Waals surface area contributed by atoms with Crippen molar-refractivity contribution in [2.45, 2.75) is 6.54 Å². The van der Waals surface area contributed by atoms with Crippen LogP contribution in [0, 0.1) is 0 Å². The molecule has 4 N–H and O–H groups in total. The number of aliphatic hydroxyl groups excluding tert-OH is 2. The maximum absolute atomic E-state index is 11.0. The number of nitrogens with one attached hydrogen (secondary N) is 1. The largest absolute Gasteiger partial charge is 0.477 e. The van der Waals surface area contributed by atoms with Crippen LogP contribution < -0.4 is 5.32 Å². The van der Waals surface area contributed by atoms with Gasteiger partial charge in [-0.3, -0.25) is 4.90 Å². The van der Waals surface area contributed by atoms with Crippen molar-refractivity contribution >= 4 is 5.97 Å². The number of hydrogen-bond acceptors (Lipinski definition) is 8. The predicted molar refractivity (Wildman–Crippen MR) is 95.2 cm³/mol. The van der Waals surface area contributed by atoms with E-state index in [9.17, 15) is 9.90 Å². The van der Waals surface area contributed by atoms with Crippen LogP contribution in [0.2, 0.25) is 0 Å². The second kappa shape index (κ2) is 14.5. The van der Waals surface area contributed by atoms with Crippen molar-refractivity contribution in [3.05, 3.63) is 29.6 Å². The Morgan fingerprint density at radius 2 is 1.81 bits per heavy atom. The topological polar surface area (TPSA) is 124 Å². The fraction of sp³-hybridized carbons (Fsp3) is 0.647. The van der Waals surface area contributed by atoms with E-state index in [4.69, 9.17) is 19.7 Å². The summed E-state index contributed by atoms with van der Waals surface area (Å²) in [7, 11) is 0. The van der Waals surface area contributed by atoms with Crippen molar-refractivity contribution < 1.29 is 29.6 Å². The van der Waals surface area contributed by atoms with E-state index in [1.165, 1.54) is 6.07 Å². The Bertz CT molecular complexity index is 503. The third-order valence-corrected chi connectivity index (χ3v) is 3.46. The molecule has 1 rings (SSSR count). The minimum absolute atomic E-state index is 0.00255. The van der Waals surface area contributed by atoms with Gasteiger partial charge in [0.1, 0.15) is 5.69 Å². The first-order valence-electron chi connectivity index (χ1n) is 8.67. The average molecular weight is 371 g/mol. The molecule has 9 nitrogen and oxygen atoms in total. The molecule has 148 valence electrons. The Morgan fingerprint density at radius 1 is 1.04 bits per heavy atom. The van der Waals surface area contributed by atoms with Crippen LogP contribution in [0.5, 0.6) is 0 Å². The first-order valence-corrected chi connectivity index (χ1v) is 8.67. The summed E-state index contributed by atoms with van der Waals surface area (Å²) in [5.74, 6) is -1.06. The van der Waals surface area contributed by atoms with E-state index in [-0.39, 0.29) is 18.9 Å². The van der Waals surface area contributed by atoms with E-state index in [0.717, 1.165) is 0 Å². The fourth-order valence-corrected chi connectivity index (χ4v) is 2.19. The van der Waals surface area contributed by atoms with Gasteiger partial charge in [0.2, 0.25) is 0 Å². The van der Waals surface area contributed by atoms with Gasteiger partial charge in [-0.1, -0.05) is 6.07 Å². The lowest BCUT2D eigenvalue weighted by Crippen LogP contribution is -2.31. The SMILES string of the molecule is O=C(O)c1cccc(CN(CCO)CCOCCOCCNCCO)n1. The molecule has 0 fully saturated rings. The zero-order valence-electron chi connectivity index (χ0n) is 15.0. The lowest BCUT2D eigenvalue weighted by molar-refractivity contribution is 0.0365. The van der Waals surface area contributed by atoms with Crippen LogP contribution in [0.4, 0.5) is 0 Å². The van der Waals surface area contributed by atoms with Gasteiger partial charge in [0.25, 0.3) is 0 Å². The van der Waals surface area contributed by atoms with Crippen LogP contribution in [0.3, 0.4) is 0 Å². The molecule has 0 saturated heterocycles. The Labute approximate surface area is 153 Å². The lowest BCUT2D eigenvalue weighted by Gasteiger charge is -2.21. The molecule has 0 aliphatic heterocycles. The summed E-state index contributed by atoms with van der Waals surface area (Å²) in [5.41, 5.74) is 0.644. The number of aromatic nitrogens is 1. The van der Waals surface area contributed by atoms with Gasteiger partial charge < -0.3 is 30.1 Å². The van der Waals surface area contributed by atoms with Crippen molar-refractivity contribution in [1.82, 2.24) is 15.2 Å². The maximum atomic E-state index is 11.0. The van der Waals surface area contributed by atoms with E-state index in [1.54, 1.807) is 12.1 Å². The van der Waals surface area contributed by atoms with Crippen LogP contribution in [0.1, 0.15) is 16.2 Å². The van der Waals surface area contributed by atoms with Gasteiger partial charge >= 0.3 is 5.97 Å². The van der Waals surface area contributed by atoms with Gasteiger partial charge in [-0.25, -0.2) is 9.78 Å². The minimum atomic E-state index is -1.06. The number of hydrogen-bond donors (Lipinski definition) is 4. The van der Waals surface area contributed by atoms with Gasteiger partial charge in [-0.05, 0) is 12.1 Å². The average Bonchev–Trinajstić information content (AvgIpc) is 2.63. The molecule has 0 atom stereocenters. The molecule has 1 aromatic rings. The molecule has 26 heavy (non-hydrogen) atoms. The number of ether oxygens (including phenoxy) is 2. The molecule has 0 spiro atoms. The monoisotopic (exact) mass is 371 g/mol. The van der Waals surface area contributed by atoms with E-state index < -0.39 is 5.97 Å². The molecule has 0 aliphatic carbocycles. The zero-order chi connectivity index (χ0) is 19.0. The number of rotatable bonds is 16. The second-order valence-corrected chi connectivity index (χ2v) is 5.52. The highest BCUT2D eigenvalue weighted by Gasteiger charge is 2.09. The van der Waals surface area contributed by atoms with Gasteiger partial charge in [-0.2, -0.15) is 0 Å². The number of aromatic carboxylic acids is 1. The van der Waals surface area contributed by atoms with Crippen LogP contribution in [-0.4, -0.2) is 97.0 Å². The van der Waals surface area contributed by atoms with Gasteiger partial charge in [0, 0.05) is 32.7 Å². The highest BCUT2D eigenvalue weighted by molar-refractivity contribution is 5.85. The summed E-state index contributed by atoms with van der Waals surface area (Å²) >= 11 is 0. The van der Waals surface area contributed by atoms with E-state index in [1.807, 2.05) is 4.90 Å². The molecular weight excluding hydrogens is 342 g/mol. The molecule has 0 bridgehead atoms. The van der Waals surface area contributed by atoms with Crippen molar-refractivity contribution in [3.8, 4) is 0 Å². The summed E-state index contributed by atoms with van der Waals surface area (Å²) in [4.78, 5) is 17.0. The molecule has 1 aromatic heterocycles. The molecule has 0 amide bonds. The summed E-state index contributed by atoms with van der Waals surface area (Å²) in [6.07, 6.45) is 0. The number of carboxylic acids is 1. The maximum Gasteiger partial charge on any atom is 0.354 e. The van der Waals surface area contributed by atoms with Crippen molar-refractivity contribution in [1.29, 1.82) is 0 Å². The van der Waals surface area contributed by atoms with Crippen molar-refractivity contribution in [3.63, 3.8) is 0 Å². The molecule has 1 heterocycles. The number of aliphatic hydroxyl groups is 2. The van der Waals surface area contributed by atoms with E-state index in [0.29, 0.717) is 64.8 Å². The van der Waals surface area contributed by atoms with E-state index in [2.05, 4.69) is 10.3 Å². The number of carboxylic acid groups (broad SMARTS) is 1. The predicted octanol–water partition coefficient (Wildman–Crippen LogP) is -0.811. The van der Waals surface area contributed by atoms with Crippen LogP contribution in [-0.2, 0) is 16.0 Å². The first kappa shape index (κ1) is 22.4. The fourth-order valence-electron chi connectivity index (χ4n) is 2.19. The van der Waals surface area contributed by atoms with Crippen molar-refractivity contribution in [2.24, 2.45) is 0 Å². The summed E-state index contributed by atoms with van der Waals surface area (Å²) in [6, 6.07) is 4.87. The Kier molecular flexibility index (Phi) is 12.5. The standard InChI is InChI=1S/C17H29N3O6/c21-8-4-18-5-10-25-12-13-26-11-7-20(6-9-22)14-15-2-1-3-16(19-15)17(23)24/h1-3,18,21-22H,4-14H2,(H,23,24). The molecule has 0 saturated carbocycles. The molecule has 0 unspecified atom stereocenters. The smallest absolute Gasteiger partial charge is 0.354 e. The van der Waals surface area contributed by atoms with Crippen LogP contribution in [0.25, 0.3) is 0 Å². The van der Waals surface area contributed by atoms with E-state index >= 15 is 0 Å². The number of carbonyl (C=O) groups is 1. The number of pyridine rings is 1. The lowest BCUT2D eigenvalue weighted by atomic mass is 10.3. The van der Waals surface area contributed by atoms with Gasteiger partial charge in [-0.15, -0.1) is 0 Å². The first-order chi connectivity index (χ1) is 12.7. The molecule has 9 heteroatoms. The minimum Gasteiger partial charge on any atom is -0.477 e. The molecular formula is C17H29N3O6. The Morgan fingerprint density at radius 3 is 2.50 bits per heavy atom. The summed E-state index contributed by atoms with van der Waals surface area (Å²) in [5, 5.41) is 29.8. The Balaban J connectivity index is 2.21. The molecule has 0 aliphatic rings. The summed E-state index contributed by atoms with van der Waals surface area (Å²) in [6.45, 7) is 4.86. The highest BCUT2D eigenvalue weighted by atomic mass is 16.5. The molecule has 0 radical (unpaired) electrons. The third kappa shape index (κ3) is 10.4. The summed E-state index contributed by atoms with van der Waals surface area (Å²) < 4.78 is 10.9. The number of nitrogens with zero attached hydrogens (tertiary/aromatic N) is 2. The van der Waals surface area contributed by atoms with Gasteiger partial charge in [0.05, 0.1) is 45.3 Å². The highest BCUT2D eigenvalue weighted by Crippen LogP contribution is 2.04. The van der Waals surface area contributed by atoms with Crippen LogP contribution >= 0.6 is 0 Å².